The first-order valence-corrected chi connectivity index (χ1v) is 11.7. The fourth-order valence-corrected chi connectivity index (χ4v) is 5.28. The maximum Gasteiger partial charge on any atom is 0.418 e. The second kappa shape index (κ2) is 9.26. The number of halogens is 3. The van der Waals surface area contributed by atoms with Crippen molar-refractivity contribution in [2.24, 2.45) is 11.8 Å². The van der Waals surface area contributed by atoms with Crippen LogP contribution >= 0.6 is 0 Å². The number of carbonyl (C=O) groups excluding carboxylic acids is 3. The van der Waals surface area contributed by atoms with Crippen molar-refractivity contribution < 1.29 is 27.6 Å². The number of benzene rings is 3. The Morgan fingerprint density at radius 2 is 1.53 bits per heavy atom. The van der Waals surface area contributed by atoms with Gasteiger partial charge < -0.3 is 5.32 Å². The van der Waals surface area contributed by atoms with E-state index in [4.69, 9.17) is 0 Å². The normalized spacial score (nSPS) is 21.9. The molecule has 3 atom stereocenters. The summed E-state index contributed by atoms with van der Waals surface area (Å²) < 4.78 is 39.9. The Labute approximate surface area is 205 Å². The molecule has 0 spiro atoms. The summed E-state index contributed by atoms with van der Waals surface area (Å²) in [4.78, 5) is 40.5. The molecule has 3 aromatic carbocycles. The lowest BCUT2D eigenvalue weighted by Gasteiger charge is -2.28. The van der Waals surface area contributed by atoms with Gasteiger partial charge in [-0.2, -0.15) is 13.2 Å². The van der Waals surface area contributed by atoms with Gasteiger partial charge in [-0.15, -0.1) is 0 Å². The molecule has 36 heavy (non-hydrogen) atoms. The molecule has 2 aliphatic rings. The molecule has 0 bridgehead atoms. The first kappa shape index (κ1) is 23.8. The number of hydrogen-bond acceptors (Lipinski definition) is 3. The van der Waals surface area contributed by atoms with Crippen molar-refractivity contribution >= 4 is 29.1 Å². The summed E-state index contributed by atoms with van der Waals surface area (Å²) in [6, 6.07) is 20.5. The Morgan fingerprint density at radius 3 is 2.28 bits per heavy atom. The topological polar surface area (TPSA) is 66.5 Å². The molecule has 1 saturated heterocycles. The fourth-order valence-electron chi connectivity index (χ4n) is 5.28. The van der Waals surface area contributed by atoms with Gasteiger partial charge in [0.1, 0.15) is 0 Å². The quantitative estimate of drug-likeness (QED) is 0.452. The molecule has 3 amide bonds. The van der Waals surface area contributed by atoms with Crippen LogP contribution in [0.1, 0.15) is 46.7 Å². The average molecular weight is 492 g/mol. The second-order valence-electron chi connectivity index (χ2n) is 9.19. The maximum absolute atomic E-state index is 13.3. The van der Waals surface area contributed by atoms with Crippen LogP contribution in [-0.4, -0.2) is 17.7 Å². The van der Waals surface area contributed by atoms with Crippen LogP contribution in [-0.2, 0) is 15.8 Å². The minimum atomic E-state index is -4.63. The molecule has 0 radical (unpaired) electrons. The Balaban J connectivity index is 1.37. The molecule has 5 nitrogen and oxygen atoms in total. The van der Waals surface area contributed by atoms with Crippen LogP contribution in [0.2, 0.25) is 0 Å². The van der Waals surface area contributed by atoms with E-state index in [1.54, 1.807) is 6.07 Å². The Hall–Kier alpha value is -3.94. The van der Waals surface area contributed by atoms with Crippen LogP contribution in [0.25, 0.3) is 0 Å². The molecular formula is C28H23F3N2O3. The van der Waals surface area contributed by atoms with Crippen LogP contribution in [0, 0.1) is 11.8 Å². The molecule has 0 aromatic heterocycles. The summed E-state index contributed by atoms with van der Waals surface area (Å²) in [5.41, 5.74) is 0.102. The van der Waals surface area contributed by atoms with Crippen molar-refractivity contribution in [2.75, 3.05) is 10.2 Å². The van der Waals surface area contributed by atoms with E-state index in [0.29, 0.717) is 12.8 Å². The molecule has 0 unspecified atom stereocenters. The Morgan fingerprint density at radius 1 is 0.833 bits per heavy atom. The van der Waals surface area contributed by atoms with Crippen LogP contribution in [0.3, 0.4) is 0 Å². The summed E-state index contributed by atoms with van der Waals surface area (Å²) in [7, 11) is 0. The maximum atomic E-state index is 13.3. The minimum absolute atomic E-state index is 0.0436. The summed E-state index contributed by atoms with van der Waals surface area (Å²) >= 11 is 0. The number of alkyl halides is 3. The van der Waals surface area contributed by atoms with Gasteiger partial charge >= 0.3 is 6.18 Å². The highest BCUT2D eigenvalue weighted by atomic mass is 19.4. The van der Waals surface area contributed by atoms with Gasteiger partial charge in [0.2, 0.25) is 11.8 Å². The molecule has 1 heterocycles. The van der Waals surface area contributed by atoms with Crippen molar-refractivity contribution in [3.05, 3.63) is 95.6 Å². The summed E-state index contributed by atoms with van der Waals surface area (Å²) in [5.74, 6) is -2.02. The molecular weight excluding hydrogens is 469 g/mol. The monoisotopic (exact) mass is 492 g/mol. The third kappa shape index (κ3) is 4.39. The van der Waals surface area contributed by atoms with Gasteiger partial charge in [0.25, 0.3) is 5.91 Å². The van der Waals surface area contributed by atoms with Crippen molar-refractivity contribution in [1.29, 1.82) is 0 Å². The van der Waals surface area contributed by atoms with Crippen LogP contribution in [0.4, 0.5) is 24.5 Å². The van der Waals surface area contributed by atoms with Crippen molar-refractivity contribution in [3.63, 3.8) is 0 Å². The van der Waals surface area contributed by atoms with E-state index >= 15 is 0 Å². The third-order valence-electron chi connectivity index (χ3n) is 7.04. The highest BCUT2D eigenvalue weighted by Gasteiger charge is 2.50. The van der Waals surface area contributed by atoms with Gasteiger partial charge in [0.05, 0.1) is 28.8 Å². The lowest BCUT2D eigenvalue weighted by molar-refractivity contribution is -0.137. The molecule has 1 saturated carbocycles. The number of anilines is 2. The van der Waals surface area contributed by atoms with E-state index in [1.807, 2.05) is 30.3 Å². The van der Waals surface area contributed by atoms with Crippen LogP contribution in [0.5, 0.6) is 0 Å². The number of rotatable bonds is 4. The fraction of sp³-hybridized carbons (Fsp3) is 0.250. The largest absolute Gasteiger partial charge is 0.418 e. The highest BCUT2D eigenvalue weighted by molar-refractivity contribution is 6.22. The van der Waals surface area contributed by atoms with E-state index < -0.39 is 29.5 Å². The number of hydrogen-bond donors (Lipinski definition) is 1. The van der Waals surface area contributed by atoms with E-state index in [9.17, 15) is 27.6 Å². The van der Waals surface area contributed by atoms with Gasteiger partial charge in [0.15, 0.2) is 0 Å². The lowest BCUT2D eigenvalue weighted by atomic mass is 9.73. The molecule has 184 valence electrons. The van der Waals surface area contributed by atoms with E-state index in [-0.39, 0.29) is 34.7 Å². The van der Waals surface area contributed by atoms with E-state index in [1.165, 1.54) is 36.4 Å². The molecule has 1 aliphatic heterocycles. The lowest BCUT2D eigenvalue weighted by Crippen LogP contribution is -2.31. The number of para-hydroxylation sites is 1. The number of fused-ring (bicyclic) bond motifs is 1. The SMILES string of the molecule is O=C(Nc1ccccc1C(F)(F)F)c1cccc(N2C(=O)[C@H]3CC[C@@H](c4ccccc4)C[C@@H]3C2=O)c1. The molecule has 8 heteroatoms. The average Bonchev–Trinajstić information content (AvgIpc) is 3.13. The third-order valence-corrected chi connectivity index (χ3v) is 7.04. The number of carbonyl (C=O) groups is 3. The van der Waals surface area contributed by atoms with E-state index in [2.05, 4.69) is 5.32 Å². The molecule has 1 N–H and O–H groups in total. The predicted molar refractivity (Wildman–Crippen MR) is 128 cm³/mol. The number of nitrogens with one attached hydrogen (secondary N) is 1. The molecule has 3 aromatic rings. The van der Waals surface area contributed by atoms with Gasteiger partial charge in [-0.1, -0.05) is 48.5 Å². The zero-order chi connectivity index (χ0) is 25.4. The van der Waals surface area contributed by atoms with Crippen molar-refractivity contribution in [2.45, 2.75) is 31.4 Å². The summed E-state index contributed by atoms with van der Waals surface area (Å²) in [6.07, 6.45) is -2.66. The first-order chi connectivity index (χ1) is 17.2. The number of amides is 3. The molecule has 2 fully saturated rings. The predicted octanol–water partition coefficient (Wildman–Crippen LogP) is 6.03. The standard InChI is InChI=1S/C28H23F3N2O3/c29-28(30,31)23-11-4-5-12-24(23)32-25(34)19-9-6-10-20(15-19)33-26(35)21-14-13-18(16-22(21)27(33)36)17-7-2-1-3-8-17/h1-12,15,18,21-22H,13-14,16H2,(H,32,34)/t18-,21+,22+/m1/s1. The zero-order valence-electron chi connectivity index (χ0n) is 19.2. The van der Waals surface area contributed by atoms with Gasteiger partial charge in [-0.25, -0.2) is 0 Å². The number of nitrogens with zero attached hydrogens (tertiary/aromatic N) is 1. The Kier molecular flexibility index (Phi) is 6.12. The summed E-state index contributed by atoms with van der Waals surface area (Å²) in [6.45, 7) is 0. The van der Waals surface area contributed by atoms with Crippen LogP contribution in [0.15, 0.2) is 78.9 Å². The van der Waals surface area contributed by atoms with E-state index in [0.717, 1.165) is 23.0 Å². The highest BCUT2D eigenvalue weighted by Crippen LogP contribution is 2.45. The first-order valence-electron chi connectivity index (χ1n) is 11.7. The van der Waals surface area contributed by atoms with Crippen LogP contribution < -0.4 is 10.2 Å². The van der Waals surface area contributed by atoms with Gasteiger partial charge in [-0.3, -0.25) is 19.3 Å². The zero-order valence-corrected chi connectivity index (χ0v) is 19.2. The summed E-state index contributed by atoms with van der Waals surface area (Å²) in [5, 5.41) is 2.30. The van der Waals surface area contributed by atoms with Crippen molar-refractivity contribution in [3.8, 4) is 0 Å². The minimum Gasteiger partial charge on any atom is -0.321 e. The smallest absolute Gasteiger partial charge is 0.321 e. The van der Waals surface area contributed by atoms with Gasteiger partial charge in [0, 0.05) is 5.56 Å². The second-order valence-corrected chi connectivity index (χ2v) is 9.19. The molecule has 5 rings (SSSR count). The van der Waals surface area contributed by atoms with Crippen molar-refractivity contribution in [1.82, 2.24) is 0 Å². The van der Waals surface area contributed by atoms with Gasteiger partial charge in [-0.05, 0) is 61.1 Å². The Bertz CT molecular complexity index is 1320. The molecule has 1 aliphatic carbocycles. The number of imide groups is 1.